The van der Waals surface area contributed by atoms with Crippen LogP contribution in [-0.4, -0.2) is 26.8 Å². The van der Waals surface area contributed by atoms with Gasteiger partial charge in [0.1, 0.15) is 0 Å². The Kier molecular flexibility index (Phi) is 5.87. The quantitative estimate of drug-likeness (QED) is 0.594. The molecule has 3 rings (SSSR count). The fraction of sp³-hybridized carbons (Fsp3) is 0.375. The van der Waals surface area contributed by atoms with Crippen molar-refractivity contribution in [2.45, 2.75) is 59.5 Å². The number of rotatable bonds is 5. The Balaban J connectivity index is 2.01. The van der Waals surface area contributed by atoms with Crippen molar-refractivity contribution >= 4 is 5.91 Å². The van der Waals surface area contributed by atoms with Gasteiger partial charge in [-0.05, 0) is 48.9 Å². The van der Waals surface area contributed by atoms with Crippen LogP contribution in [0.25, 0.3) is 11.4 Å². The molecule has 5 heteroatoms. The molecule has 0 amide bonds. The van der Waals surface area contributed by atoms with Gasteiger partial charge in [0.25, 0.3) is 5.91 Å². The largest absolute Gasteiger partial charge is 0.460 e. The minimum atomic E-state index is -0.230. The van der Waals surface area contributed by atoms with Crippen molar-refractivity contribution in [2.75, 3.05) is 0 Å². The molecule has 152 valence electrons. The minimum Gasteiger partial charge on any atom is -0.460 e. The van der Waals surface area contributed by atoms with E-state index in [9.17, 15) is 4.79 Å². The molecule has 0 aliphatic carbocycles. The maximum atomic E-state index is 13.2. The summed E-state index contributed by atoms with van der Waals surface area (Å²) in [5.74, 6) is 0.249. The van der Waals surface area contributed by atoms with Crippen LogP contribution in [0.3, 0.4) is 0 Å². The van der Waals surface area contributed by atoms with Gasteiger partial charge in [0.05, 0.1) is 6.10 Å². The predicted molar refractivity (Wildman–Crippen MR) is 115 cm³/mol. The van der Waals surface area contributed by atoms with E-state index in [1.807, 2.05) is 62.4 Å². The first-order valence-corrected chi connectivity index (χ1v) is 10.1. The summed E-state index contributed by atoms with van der Waals surface area (Å²) >= 11 is 0. The molecule has 0 atom stereocenters. The van der Waals surface area contributed by atoms with Gasteiger partial charge < -0.3 is 4.74 Å². The maximum Gasteiger partial charge on any atom is 0.336 e. The zero-order valence-electron chi connectivity index (χ0n) is 18.1. The topological polar surface area (TPSA) is 57.0 Å². The van der Waals surface area contributed by atoms with Crippen molar-refractivity contribution in [1.29, 1.82) is 0 Å². The van der Waals surface area contributed by atoms with E-state index in [1.165, 1.54) is 15.8 Å². The maximum absolute atomic E-state index is 13.2. The van der Waals surface area contributed by atoms with Crippen LogP contribution in [0, 0.1) is 0 Å². The summed E-state index contributed by atoms with van der Waals surface area (Å²) < 4.78 is 6.99. The zero-order chi connectivity index (χ0) is 21.2. The summed E-state index contributed by atoms with van der Waals surface area (Å²) in [6, 6.07) is 15.9. The Morgan fingerprint density at radius 1 is 1.03 bits per heavy atom. The van der Waals surface area contributed by atoms with Gasteiger partial charge in [0, 0.05) is 11.1 Å². The number of aromatic nitrogens is 3. The molecule has 0 aliphatic rings. The van der Waals surface area contributed by atoms with E-state index in [0.717, 1.165) is 12.0 Å². The van der Waals surface area contributed by atoms with Crippen molar-refractivity contribution in [3.8, 4) is 17.4 Å². The summed E-state index contributed by atoms with van der Waals surface area (Å²) in [5, 5.41) is 4.35. The SMILES string of the molecule is CCc1ccc(-c2nc(OC(C)C)nn2C(=O)c2ccc(C(C)(C)C)cc2)cc1. The van der Waals surface area contributed by atoms with Crippen molar-refractivity contribution < 1.29 is 9.53 Å². The number of hydrogen-bond donors (Lipinski definition) is 0. The molecule has 0 fully saturated rings. The van der Waals surface area contributed by atoms with Gasteiger partial charge in [-0.2, -0.15) is 9.67 Å². The zero-order valence-corrected chi connectivity index (χ0v) is 18.1. The van der Waals surface area contributed by atoms with Crippen LogP contribution < -0.4 is 4.74 Å². The van der Waals surface area contributed by atoms with Crippen molar-refractivity contribution in [1.82, 2.24) is 14.8 Å². The molecule has 2 aromatic carbocycles. The lowest BCUT2D eigenvalue weighted by Crippen LogP contribution is -2.17. The number of nitrogens with zero attached hydrogens (tertiary/aromatic N) is 3. The van der Waals surface area contributed by atoms with Crippen LogP contribution in [0.15, 0.2) is 48.5 Å². The summed E-state index contributed by atoms with van der Waals surface area (Å²) in [6.07, 6.45) is 0.871. The smallest absolute Gasteiger partial charge is 0.336 e. The number of aryl methyl sites for hydroxylation is 1. The van der Waals surface area contributed by atoms with E-state index in [4.69, 9.17) is 4.74 Å². The minimum absolute atomic E-state index is 0.0271. The highest BCUT2D eigenvalue weighted by atomic mass is 16.5. The van der Waals surface area contributed by atoms with E-state index in [1.54, 1.807) is 0 Å². The number of carbonyl (C=O) groups is 1. The second-order valence-corrected chi connectivity index (χ2v) is 8.48. The molecule has 0 aliphatic heterocycles. The lowest BCUT2D eigenvalue weighted by atomic mass is 9.87. The Labute approximate surface area is 172 Å². The molecule has 3 aromatic rings. The van der Waals surface area contributed by atoms with Crippen LogP contribution >= 0.6 is 0 Å². The average molecular weight is 392 g/mol. The third kappa shape index (κ3) is 4.73. The van der Waals surface area contributed by atoms with Gasteiger partial charge in [-0.25, -0.2) is 0 Å². The first kappa shape index (κ1) is 20.8. The molecule has 0 bridgehead atoms. The third-order valence-electron chi connectivity index (χ3n) is 4.74. The van der Waals surface area contributed by atoms with Crippen LogP contribution in [0.4, 0.5) is 0 Å². The fourth-order valence-electron chi connectivity index (χ4n) is 3.01. The number of benzene rings is 2. The standard InChI is InChI=1S/C24H29N3O2/c1-7-17-8-10-18(11-9-17)21-25-23(29-16(2)3)26-27(21)22(28)19-12-14-20(15-13-19)24(4,5)6/h8-16H,7H2,1-6H3. The molecule has 0 radical (unpaired) electrons. The monoisotopic (exact) mass is 391 g/mol. The molecule has 1 aromatic heterocycles. The summed E-state index contributed by atoms with van der Waals surface area (Å²) in [4.78, 5) is 17.7. The molecule has 0 N–H and O–H groups in total. The molecule has 29 heavy (non-hydrogen) atoms. The van der Waals surface area contributed by atoms with Crippen molar-refractivity contribution in [3.05, 3.63) is 65.2 Å². The van der Waals surface area contributed by atoms with Crippen molar-refractivity contribution in [3.63, 3.8) is 0 Å². The second-order valence-electron chi connectivity index (χ2n) is 8.48. The molecule has 5 nitrogen and oxygen atoms in total. The second kappa shape index (κ2) is 8.19. The van der Waals surface area contributed by atoms with E-state index in [0.29, 0.717) is 11.4 Å². The summed E-state index contributed by atoms with van der Waals surface area (Å²) in [5.41, 5.74) is 3.81. The van der Waals surface area contributed by atoms with Crippen molar-refractivity contribution in [2.24, 2.45) is 0 Å². The Bertz CT molecular complexity index is 978. The van der Waals surface area contributed by atoms with Gasteiger partial charge in [-0.3, -0.25) is 4.79 Å². The van der Waals surface area contributed by atoms with Gasteiger partial charge in [0.15, 0.2) is 5.82 Å². The normalized spacial score (nSPS) is 11.7. The van der Waals surface area contributed by atoms with Crippen LogP contribution in [0.2, 0.25) is 0 Å². The predicted octanol–water partition coefficient (Wildman–Crippen LogP) is 5.28. The highest BCUT2D eigenvalue weighted by Gasteiger charge is 2.21. The number of hydrogen-bond acceptors (Lipinski definition) is 4. The highest BCUT2D eigenvalue weighted by molar-refractivity contribution is 5.97. The molecule has 0 saturated carbocycles. The number of ether oxygens (including phenoxy) is 1. The van der Waals surface area contributed by atoms with Gasteiger partial charge >= 0.3 is 6.01 Å². The Hall–Kier alpha value is -2.95. The first-order valence-electron chi connectivity index (χ1n) is 10.1. The molecule has 0 spiro atoms. The fourth-order valence-corrected chi connectivity index (χ4v) is 3.01. The van der Waals surface area contributed by atoms with Gasteiger partial charge in [-0.1, -0.05) is 64.1 Å². The third-order valence-corrected chi connectivity index (χ3v) is 4.74. The van der Waals surface area contributed by atoms with E-state index < -0.39 is 0 Å². The molecular formula is C24H29N3O2. The molecule has 0 unspecified atom stereocenters. The van der Waals surface area contributed by atoms with E-state index in [2.05, 4.69) is 37.8 Å². The molecule has 1 heterocycles. The first-order chi connectivity index (χ1) is 13.7. The Morgan fingerprint density at radius 3 is 2.17 bits per heavy atom. The molecular weight excluding hydrogens is 362 g/mol. The average Bonchev–Trinajstić information content (AvgIpc) is 3.10. The van der Waals surface area contributed by atoms with Gasteiger partial charge in [0.2, 0.25) is 0 Å². The van der Waals surface area contributed by atoms with Crippen LogP contribution in [0.1, 0.15) is 63.0 Å². The Morgan fingerprint density at radius 2 is 1.66 bits per heavy atom. The molecule has 0 saturated heterocycles. The summed E-state index contributed by atoms with van der Waals surface area (Å²) in [7, 11) is 0. The van der Waals surface area contributed by atoms with Crippen LogP contribution in [-0.2, 0) is 11.8 Å². The lowest BCUT2D eigenvalue weighted by molar-refractivity contribution is 0.0943. The van der Waals surface area contributed by atoms with Gasteiger partial charge in [-0.15, -0.1) is 5.10 Å². The van der Waals surface area contributed by atoms with Crippen LogP contribution in [0.5, 0.6) is 6.01 Å². The van der Waals surface area contributed by atoms with E-state index >= 15 is 0 Å². The lowest BCUT2D eigenvalue weighted by Gasteiger charge is -2.19. The number of carbonyl (C=O) groups excluding carboxylic acids is 1. The summed E-state index contributed by atoms with van der Waals surface area (Å²) in [6.45, 7) is 12.4. The van der Waals surface area contributed by atoms with E-state index in [-0.39, 0.29) is 23.4 Å². The highest BCUT2D eigenvalue weighted by Crippen LogP contribution is 2.25.